The van der Waals surface area contributed by atoms with E-state index in [-0.39, 0.29) is 11.2 Å². The standard InChI is InChI=1S/C14H21BClNO2/c1-9-7-6-8-10(16)11(9)12(17)15-18-13(2,3)14(4,5)19-15/h6-8,12H,17H2,1-5H3/t12-/m1/s1. The third-order valence-electron chi connectivity index (χ3n) is 4.17. The van der Waals surface area contributed by atoms with Crippen molar-refractivity contribution in [1.82, 2.24) is 0 Å². The van der Waals surface area contributed by atoms with Gasteiger partial charge in [0, 0.05) is 5.02 Å². The van der Waals surface area contributed by atoms with Crippen LogP contribution in [-0.2, 0) is 9.31 Å². The highest BCUT2D eigenvalue weighted by Crippen LogP contribution is 2.40. The van der Waals surface area contributed by atoms with Gasteiger partial charge in [0.1, 0.15) is 0 Å². The monoisotopic (exact) mass is 281 g/mol. The van der Waals surface area contributed by atoms with Crippen LogP contribution in [-0.4, -0.2) is 18.3 Å². The maximum atomic E-state index is 6.31. The minimum Gasteiger partial charge on any atom is -0.402 e. The van der Waals surface area contributed by atoms with Crippen LogP contribution in [0.1, 0.15) is 44.8 Å². The summed E-state index contributed by atoms with van der Waals surface area (Å²) in [5.41, 5.74) is 7.48. The Hall–Kier alpha value is -0.545. The smallest absolute Gasteiger partial charge is 0.402 e. The lowest BCUT2D eigenvalue weighted by molar-refractivity contribution is 0.00578. The Morgan fingerprint density at radius 1 is 1.16 bits per heavy atom. The normalized spacial score (nSPS) is 22.6. The van der Waals surface area contributed by atoms with Crippen LogP contribution in [0.3, 0.4) is 0 Å². The van der Waals surface area contributed by atoms with Crippen molar-refractivity contribution in [3.05, 3.63) is 34.3 Å². The molecule has 1 aliphatic heterocycles. The lowest BCUT2D eigenvalue weighted by atomic mass is 9.73. The molecule has 1 atom stereocenters. The van der Waals surface area contributed by atoms with Gasteiger partial charge in [-0.2, -0.15) is 0 Å². The topological polar surface area (TPSA) is 44.5 Å². The SMILES string of the molecule is Cc1cccc(Cl)c1[C@@H](N)B1OC(C)(C)C(C)(C)O1. The zero-order valence-electron chi connectivity index (χ0n) is 12.2. The second kappa shape index (κ2) is 4.78. The molecule has 1 aromatic rings. The molecule has 1 aromatic carbocycles. The highest BCUT2D eigenvalue weighted by atomic mass is 35.5. The van der Waals surface area contributed by atoms with Crippen LogP contribution in [0.25, 0.3) is 0 Å². The molecular formula is C14H21BClNO2. The first-order chi connectivity index (χ1) is 8.66. The van der Waals surface area contributed by atoms with Crippen LogP contribution >= 0.6 is 11.6 Å². The molecule has 0 aromatic heterocycles. The molecular weight excluding hydrogens is 260 g/mol. The number of hydrogen-bond donors (Lipinski definition) is 1. The van der Waals surface area contributed by atoms with Gasteiger partial charge in [-0.25, -0.2) is 0 Å². The summed E-state index contributed by atoms with van der Waals surface area (Å²) in [4.78, 5) is 0. The van der Waals surface area contributed by atoms with Gasteiger partial charge < -0.3 is 15.0 Å². The Bertz CT molecular complexity index is 454. The molecule has 1 aliphatic rings. The van der Waals surface area contributed by atoms with Gasteiger partial charge in [0.05, 0.1) is 17.1 Å². The van der Waals surface area contributed by atoms with Crippen molar-refractivity contribution in [1.29, 1.82) is 0 Å². The average Bonchev–Trinajstić information content (AvgIpc) is 2.47. The van der Waals surface area contributed by atoms with E-state index in [9.17, 15) is 0 Å². The first-order valence-electron chi connectivity index (χ1n) is 6.52. The van der Waals surface area contributed by atoms with Crippen molar-refractivity contribution in [2.24, 2.45) is 5.73 Å². The van der Waals surface area contributed by atoms with Crippen molar-refractivity contribution in [2.75, 3.05) is 0 Å². The third-order valence-corrected chi connectivity index (χ3v) is 4.50. The van der Waals surface area contributed by atoms with Gasteiger partial charge in [-0.05, 0) is 51.8 Å². The Kier molecular flexibility index (Phi) is 3.73. The summed E-state index contributed by atoms with van der Waals surface area (Å²) in [5, 5.41) is 0.655. The van der Waals surface area contributed by atoms with Crippen LogP contribution < -0.4 is 5.73 Å². The van der Waals surface area contributed by atoms with Crippen LogP contribution in [0.15, 0.2) is 18.2 Å². The van der Waals surface area contributed by atoms with Crippen molar-refractivity contribution >= 4 is 18.7 Å². The predicted molar refractivity (Wildman–Crippen MR) is 79.2 cm³/mol. The number of halogens is 1. The molecule has 1 fully saturated rings. The highest BCUT2D eigenvalue weighted by molar-refractivity contribution is 6.48. The number of rotatable bonds is 2. The molecule has 3 nitrogen and oxygen atoms in total. The fourth-order valence-corrected chi connectivity index (χ4v) is 2.59. The minimum absolute atomic E-state index is 0.384. The molecule has 0 amide bonds. The van der Waals surface area contributed by atoms with Gasteiger partial charge >= 0.3 is 7.12 Å². The lowest BCUT2D eigenvalue weighted by Crippen LogP contribution is -2.41. The Morgan fingerprint density at radius 2 is 1.68 bits per heavy atom. The summed E-state index contributed by atoms with van der Waals surface area (Å²) in [7, 11) is -0.483. The molecule has 1 saturated heterocycles. The maximum Gasteiger partial charge on any atom is 0.480 e. The predicted octanol–water partition coefficient (Wildman–Crippen LogP) is 3.28. The van der Waals surface area contributed by atoms with E-state index in [2.05, 4.69) is 0 Å². The molecule has 19 heavy (non-hydrogen) atoms. The minimum atomic E-state index is -0.483. The highest BCUT2D eigenvalue weighted by Gasteiger charge is 2.53. The summed E-state index contributed by atoms with van der Waals surface area (Å²) in [5.74, 6) is -0.394. The maximum absolute atomic E-state index is 6.31. The quantitative estimate of drug-likeness (QED) is 0.846. The van der Waals surface area contributed by atoms with E-state index >= 15 is 0 Å². The summed E-state index contributed by atoms with van der Waals surface area (Å²) in [6.07, 6.45) is 0. The lowest BCUT2D eigenvalue weighted by Gasteiger charge is -2.32. The Balaban J connectivity index is 2.30. The molecule has 1 heterocycles. The van der Waals surface area contributed by atoms with E-state index in [1.165, 1.54) is 0 Å². The summed E-state index contributed by atoms with van der Waals surface area (Å²) >= 11 is 6.25. The number of nitrogens with two attached hydrogens (primary N) is 1. The van der Waals surface area contributed by atoms with Crippen molar-refractivity contribution in [2.45, 2.75) is 51.8 Å². The first-order valence-corrected chi connectivity index (χ1v) is 6.90. The van der Waals surface area contributed by atoms with Gasteiger partial charge in [-0.3, -0.25) is 0 Å². The molecule has 0 unspecified atom stereocenters. The fourth-order valence-electron chi connectivity index (χ4n) is 2.24. The molecule has 5 heteroatoms. The van der Waals surface area contributed by atoms with Crippen molar-refractivity contribution in [3.63, 3.8) is 0 Å². The van der Waals surface area contributed by atoms with Gasteiger partial charge in [0.25, 0.3) is 0 Å². The summed E-state index contributed by atoms with van der Waals surface area (Å²) in [6.45, 7) is 10.0. The van der Waals surface area contributed by atoms with Crippen LogP contribution in [0.5, 0.6) is 0 Å². The third kappa shape index (κ3) is 2.55. The molecule has 2 rings (SSSR count). The first kappa shape index (κ1) is 14.9. The molecule has 104 valence electrons. The Morgan fingerprint density at radius 3 is 2.16 bits per heavy atom. The van der Waals surface area contributed by atoms with E-state index in [0.29, 0.717) is 5.02 Å². The van der Waals surface area contributed by atoms with E-state index < -0.39 is 13.1 Å². The summed E-state index contributed by atoms with van der Waals surface area (Å²) in [6, 6.07) is 5.75. The van der Waals surface area contributed by atoms with E-state index in [0.717, 1.165) is 11.1 Å². The largest absolute Gasteiger partial charge is 0.480 e. The number of aryl methyl sites for hydroxylation is 1. The van der Waals surface area contributed by atoms with Gasteiger partial charge in [0.15, 0.2) is 0 Å². The second-order valence-electron chi connectivity index (χ2n) is 6.12. The van der Waals surface area contributed by atoms with E-state index in [1.54, 1.807) is 0 Å². The molecule has 0 radical (unpaired) electrons. The Labute approximate surface area is 120 Å². The van der Waals surface area contributed by atoms with Crippen LogP contribution in [0.2, 0.25) is 5.02 Å². The zero-order valence-corrected chi connectivity index (χ0v) is 12.9. The summed E-state index contributed by atoms with van der Waals surface area (Å²) < 4.78 is 12.0. The molecule has 0 aliphatic carbocycles. The fraction of sp³-hybridized carbons (Fsp3) is 0.571. The molecule has 0 saturated carbocycles. The van der Waals surface area contributed by atoms with Gasteiger partial charge in [-0.1, -0.05) is 23.7 Å². The number of benzene rings is 1. The second-order valence-corrected chi connectivity index (χ2v) is 6.53. The average molecular weight is 282 g/mol. The molecule has 0 bridgehead atoms. The number of hydrogen-bond acceptors (Lipinski definition) is 3. The van der Waals surface area contributed by atoms with Gasteiger partial charge in [-0.15, -0.1) is 0 Å². The molecule has 0 spiro atoms. The van der Waals surface area contributed by atoms with E-state index in [4.69, 9.17) is 26.6 Å². The van der Waals surface area contributed by atoms with E-state index in [1.807, 2.05) is 52.8 Å². The molecule has 2 N–H and O–H groups in total. The van der Waals surface area contributed by atoms with Crippen LogP contribution in [0, 0.1) is 6.92 Å². The zero-order chi connectivity index (χ0) is 14.4. The van der Waals surface area contributed by atoms with Gasteiger partial charge in [0.2, 0.25) is 0 Å². The van der Waals surface area contributed by atoms with Crippen molar-refractivity contribution in [3.8, 4) is 0 Å². The van der Waals surface area contributed by atoms with Crippen LogP contribution in [0.4, 0.5) is 0 Å². The van der Waals surface area contributed by atoms with Crippen molar-refractivity contribution < 1.29 is 9.31 Å².